The maximum absolute atomic E-state index is 12.7. The molecule has 1 aliphatic carbocycles. The van der Waals surface area contributed by atoms with Crippen molar-refractivity contribution in [3.63, 3.8) is 0 Å². The molecule has 1 aromatic carbocycles. The second kappa shape index (κ2) is 7.78. The highest BCUT2D eigenvalue weighted by Crippen LogP contribution is 2.47. The second-order valence-corrected chi connectivity index (χ2v) is 9.85. The lowest BCUT2D eigenvalue weighted by Gasteiger charge is -2.31. The monoisotopic (exact) mass is 388 g/mol. The minimum atomic E-state index is -3.36. The average Bonchev–Trinajstić information content (AvgIpc) is 3.23. The lowest BCUT2D eigenvalue weighted by Crippen LogP contribution is -2.40. The Kier molecular flexibility index (Phi) is 5.39. The molecule has 0 radical (unpaired) electrons. The van der Waals surface area contributed by atoms with Crippen molar-refractivity contribution >= 4 is 10.0 Å². The molecule has 6 heteroatoms. The zero-order valence-electron chi connectivity index (χ0n) is 15.8. The summed E-state index contributed by atoms with van der Waals surface area (Å²) >= 11 is 0. The number of nitrogens with zero attached hydrogens (tertiary/aromatic N) is 1. The van der Waals surface area contributed by atoms with Gasteiger partial charge in [0, 0.05) is 19.0 Å². The van der Waals surface area contributed by atoms with Crippen LogP contribution >= 0.6 is 0 Å². The molecule has 1 saturated heterocycles. The van der Waals surface area contributed by atoms with Crippen molar-refractivity contribution in [1.29, 1.82) is 0 Å². The van der Waals surface area contributed by atoms with E-state index in [0.717, 1.165) is 43.4 Å². The predicted molar refractivity (Wildman–Crippen MR) is 105 cm³/mol. The number of hydrogen-bond donors (Lipinski definition) is 1. The van der Waals surface area contributed by atoms with Crippen molar-refractivity contribution in [2.45, 2.75) is 43.5 Å². The second-order valence-electron chi connectivity index (χ2n) is 7.91. The van der Waals surface area contributed by atoms with Gasteiger partial charge in [-0.2, -0.15) is 4.31 Å². The van der Waals surface area contributed by atoms with Gasteiger partial charge in [0.15, 0.2) is 0 Å². The van der Waals surface area contributed by atoms with Crippen LogP contribution in [0.15, 0.2) is 51.8 Å². The number of benzene rings is 1. The molecule has 0 spiro atoms. The fraction of sp³-hybridized carbons (Fsp3) is 0.524. The van der Waals surface area contributed by atoms with Crippen LogP contribution in [0.3, 0.4) is 0 Å². The van der Waals surface area contributed by atoms with Crippen molar-refractivity contribution in [1.82, 2.24) is 9.62 Å². The fourth-order valence-electron chi connectivity index (χ4n) is 3.90. The van der Waals surface area contributed by atoms with Gasteiger partial charge in [0.1, 0.15) is 11.5 Å². The molecule has 2 atom stereocenters. The van der Waals surface area contributed by atoms with Crippen molar-refractivity contribution < 1.29 is 12.8 Å². The van der Waals surface area contributed by atoms with Crippen LogP contribution in [-0.2, 0) is 16.6 Å². The first-order valence-electron chi connectivity index (χ1n) is 9.88. The molecule has 1 N–H and O–H groups in total. The summed E-state index contributed by atoms with van der Waals surface area (Å²) in [5, 5.41) is 3.48. The Labute approximate surface area is 161 Å². The first-order chi connectivity index (χ1) is 13.0. The van der Waals surface area contributed by atoms with Crippen molar-refractivity contribution in [2.75, 3.05) is 19.6 Å². The summed E-state index contributed by atoms with van der Waals surface area (Å²) in [6, 6.07) is 12.9. The highest BCUT2D eigenvalue weighted by Gasteiger charge is 2.36. The van der Waals surface area contributed by atoms with E-state index in [1.165, 1.54) is 6.42 Å². The van der Waals surface area contributed by atoms with E-state index >= 15 is 0 Å². The van der Waals surface area contributed by atoms with E-state index in [9.17, 15) is 8.42 Å². The summed E-state index contributed by atoms with van der Waals surface area (Å²) in [5.74, 6) is 4.00. The summed E-state index contributed by atoms with van der Waals surface area (Å²) in [5.41, 5.74) is 0. The number of nitrogens with one attached hydrogen (secondary N) is 1. The molecule has 4 rings (SSSR count). The quantitative estimate of drug-likeness (QED) is 0.787. The van der Waals surface area contributed by atoms with E-state index in [1.54, 1.807) is 28.6 Å². The van der Waals surface area contributed by atoms with E-state index in [-0.39, 0.29) is 0 Å². The first-order valence-corrected chi connectivity index (χ1v) is 11.3. The molecule has 5 nitrogen and oxygen atoms in total. The topological polar surface area (TPSA) is 62.6 Å². The molecule has 2 aromatic rings. The van der Waals surface area contributed by atoms with Gasteiger partial charge in [-0.1, -0.05) is 25.1 Å². The van der Waals surface area contributed by atoms with Gasteiger partial charge in [-0.05, 0) is 61.9 Å². The maximum Gasteiger partial charge on any atom is 0.243 e. The minimum Gasteiger partial charge on any atom is -0.464 e. The van der Waals surface area contributed by atoms with Gasteiger partial charge in [-0.25, -0.2) is 8.42 Å². The van der Waals surface area contributed by atoms with E-state index in [4.69, 9.17) is 4.42 Å². The van der Waals surface area contributed by atoms with Gasteiger partial charge in [-0.3, -0.25) is 0 Å². The molecule has 1 aromatic heterocycles. The van der Waals surface area contributed by atoms with Crippen LogP contribution in [0.2, 0.25) is 0 Å². The molecule has 0 bridgehead atoms. The average molecular weight is 389 g/mol. The highest BCUT2D eigenvalue weighted by atomic mass is 32.2. The standard InChI is InChI=1S/C21H28N2O3S/c1-16-13-20(16)21-8-7-18(26-21)15-22-14-17-9-11-23(12-10-17)27(24,25)19-5-3-2-4-6-19/h2-8,16-17,20,22H,9-15H2,1H3. The zero-order chi connectivity index (χ0) is 18.9. The van der Waals surface area contributed by atoms with Gasteiger partial charge in [0.05, 0.1) is 11.4 Å². The van der Waals surface area contributed by atoms with Crippen LogP contribution in [0.25, 0.3) is 0 Å². The maximum atomic E-state index is 12.7. The van der Waals surface area contributed by atoms with Gasteiger partial charge in [-0.15, -0.1) is 0 Å². The Morgan fingerprint density at radius 1 is 1.11 bits per heavy atom. The summed E-state index contributed by atoms with van der Waals surface area (Å²) in [4.78, 5) is 0.389. The van der Waals surface area contributed by atoms with Crippen LogP contribution in [0.5, 0.6) is 0 Å². The first kappa shape index (κ1) is 18.7. The fourth-order valence-corrected chi connectivity index (χ4v) is 5.39. The zero-order valence-corrected chi connectivity index (χ0v) is 16.6. The lowest BCUT2D eigenvalue weighted by molar-refractivity contribution is 0.265. The van der Waals surface area contributed by atoms with Crippen LogP contribution in [0.4, 0.5) is 0 Å². The van der Waals surface area contributed by atoms with Crippen molar-refractivity contribution in [2.24, 2.45) is 11.8 Å². The highest BCUT2D eigenvalue weighted by molar-refractivity contribution is 7.89. The minimum absolute atomic E-state index is 0.389. The van der Waals surface area contributed by atoms with E-state index in [0.29, 0.717) is 29.8 Å². The molecule has 2 heterocycles. The third-order valence-corrected chi connectivity index (χ3v) is 7.76. The Bertz CT molecular complexity index is 855. The van der Waals surface area contributed by atoms with Crippen LogP contribution in [0, 0.1) is 11.8 Å². The number of rotatable bonds is 7. The van der Waals surface area contributed by atoms with E-state index in [2.05, 4.69) is 24.4 Å². The molecular formula is C21H28N2O3S. The molecule has 1 aliphatic heterocycles. The number of sulfonamides is 1. The summed E-state index contributed by atoms with van der Waals surface area (Å²) in [7, 11) is -3.36. The molecule has 2 unspecified atom stereocenters. The number of piperidine rings is 1. The summed E-state index contributed by atoms with van der Waals surface area (Å²) in [6.07, 6.45) is 3.02. The third-order valence-electron chi connectivity index (χ3n) is 5.84. The Balaban J connectivity index is 1.22. The van der Waals surface area contributed by atoms with Crippen LogP contribution in [0.1, 0.15) is 43.6 Å². The smallest absolute Gasteiger partial charge is 0.243 e. The van der Waals surface area contributed by atoms with Gasteiger partial charge >= 0.3 is 0 Å². The predicted octanol–water partition coefficient (Wildman–Crippen LogP) is 3.59. The summed E-state index contributed by atoms with van der Waals surface area (Å²) in [6.45, 7) is 5.08. The Hall–Kier alpha value is -1.63. The largest absolute Gasteiger partial charge is 0.464 e. The van der Waals surface area contributed by atoms with Crippen molar-refractivity contribution in [3.05, 3.63) is 54.0 Å². The van der Waals surface area contributed by atoms with Crippen LogP contribution < -0.4 is 5.32 Å². The van der Waals surface area contributed by atoms with Crippen LogP contribution in [-0.4, -0.2) is 32.4 Å². The SMILES string of the molecule is CC1CC1c1ccc(CNCC2CCN(S(=O)(=O)c3ccccc3)CC2)o1. The molecule has 0 amide bonds. The molecule has 1 saturated carbocycles. The molecule has 146 valence electrons. The Morgan fingerprint density at radius 3 is 2.48 bits per heavy atom. The van der Waals surface area contributed by atoms with E-state index in [1.807, 2.05) is 6.07 Å². The number of furan rings is 1. The molecule has 2 aliphatic rings. The van der Waals surface area contributed by atoms with Crippen molar-refractivity contribution in [3.8, 4) is 0 Å². The molecular weight excluding hydrogens is 360 g/mol. The lowest BCUT2D eigenvalue weighted by atomic mass is 9.98. The van der Waals surface area contributed by atoms with Gasteiger partial charge in [0.2, 0.25) is 10.0 Å². The molecule has 27 heavy (non-hydrogen) atoms. The number of hydrogen-bond acceptors (Lipinski definition) is 4. The normalized spacial score (nSPS) is 24.2. The third kappa shape index (κ3) is 4.28. The van der Waals surface area contributed by atoms with E-state index < -0.39 is 10.0 Å². The van der Waals surface area contributed by atoms with Gasteiger partial charge in [0.25, 0.3) is 0 Å². The van der Waals surface area contributed by atoms with Gasteiger partial charge < -0.3 is 9.73 Å². The molecule has 2 fully saturated rings. The Morgan fingerprint density at radius 2 is 1.81 bits per heavy atom. The summed E-state index contributed by atoms with van der Waals surface area (Å²) < 4.78 is 32.9.